The van der Waals surface area contributed by atoms with Crippen molar-refractivity contribution in [3.63, 3.8) is 0 Å². The highest BCUT2D eigenvalue weighted by molar-refractivity contribution is 5.47. The van der Waals surface area contributed by atoms with E-state index in [1.807, 2.05) is 29.1 Å². The molecule has 0 spiro atoms. The molecule has 1 aliphatic rings. The number of hydrogen-bond donors (Lipinski definition) is 1. The molecule has 0 radical (unpaired) electrons. The topological polar surface area (TPSA) is 48.3 Å². The molecule has 5 nitrogen and oxygen atoms in total. The Morgan fingerprint density at radius 3 is 2.68 bits per heavy atom. The van der Waals surface area contributed by atoms with Crippen molar-refractivity contribution < 1.29 is 9.47 Å². The zero-order valence-corrected chi connectivity index (χ0v) is 14.0. The Morgan fingerprint density at radius 2 is 1.84 bits per heavy atom. The molecular weight excluding hydrogens is 314 g/mol. The predicted molar refractivity (Wildman–Crippen MR) is 96.2 cm³/mol. The summed E-state index contributed by atoms with van der Waals surface area (Å²) in [6, 6.07) is 16.4. The Hall–Kier alpha value is -2.79. The minimum absolute atomic E-state index is 0.707. The summed E-state index contributed by atoms with van der Waals surface area (Å²) in [5, 5.41) is 7.73. The lowest BCUT2D eigenvalue weighted by Gasteiger charge is -2.13. The average Bonchev–Trinajstić information content (AvgIpc) is 3.07. The van der Waals surface area contributed by atoms with Gasteiger partial charge in [-0.2, -0.15) is 5.10 Å². The number of benzene rings is 2. The number of para-hydroxylation sites is 1. The average molecular weight is 335 g/mol. The second-order valence-electron chi connectivity index (χ2n) is 6.02. The highest BCUT2D eigenvalue weighted by Crippen LogP contribution is 2.33. The van der Waals surface area contributed by atoms with Crippen LogP contribution in [-0.2, 0) is 13.1 Å². The molecule has 1 aromatic heterocycles. The first kappa shape index (κ1) is 15.7. The summed E-state index contributed by atoms with van der Waals surface area (Å²) in [4.78, 5) is 0. The third-order valence-electron chi connectivity index (χ3n) is 4.20. The van der Waals surface area contributed by atoms with Gasteiger partial charge in [-0.05, 0) is 29.8 Å². The van der Waals surface area contributed by atoms with Gasteiger partial charge in [0.25, 0.3) is 0 Å². The molecule has 0 aliphatic carbocycles. The van der Waals surface area contributed by atoms with Crippen LogP contribution in [0.3, 0.4) is 0 Å². The van der Waals surface area contributed by atoms with Crippen molar-refractivity contribution in [3.8, 4) is 17.2 Å². The van der Waals surface area contributed by atoms with E-state index in [2.05, 4.69) is 40.7 Å². The summed E-state index contributed by atoms with van der Waals surface area (Å²) >= 11 is 0. The molecular formula is C20H21N3O2. The zero-order valence-electron chi connectivity index (χ0n) is 14.0. The van der Waals surface area contributed by atoms with E-state index >= 15 is 0 Å². The van der Waals surface area contributed by atoms with Gasteiger partial charge in [0.2, 0.25) is 0 Å². The Balaban J connectivity index is 1.38. The molecule has 0 atom stereocenters. The Kier molecular flexibility index (Phi) is 4.65. The van der Waals surface area contributed by atoms with Crippen molar-refractivity contribution in [3.05, 3.63) is 72.1 Å². The summed E-state index contributed by atoms with van der Waals surface area (Å²) in [5.41, 5.74) is 3.43. The van der Waals surface area contributed by atoms with Gasteiger partial charge in [0.1, 0.15) is 0 Å². The Labute approximate surface area is 147 Å². The summed E-state index contributed by atoms with van der Waals surface area (Å²) in [7, 11) is 0. The largest absolute Gasteiger partial charge is 0.490 e. The number of nitrogens with one attached hydrogen (secondary N) is 1. The van der Waals surface area contributed by atoms with E-state index in [0.717, 1.165) is 42.3 Å². The second kappa shape index (κ2) is 7.40. The maximum absolute atomic E-state index is 5.86. The quantitative estimate of drug-likeness (QED) is 0.777. The van der Waals surface area contributed by atoms with Crippen molar-refractivity contribution in [2.75, 3.05) is 13.2 Å². The third kappa shape index (κ3) is 3.67. The lowest BCUT2D eigenvalue weighted by Crippen LogP contribution is -2.13. The molecule has 1 N–H and O–H groups in total. The summed E-state index contributed by atoms with van der Waals surface area (Å²) in [6.07, 6.45) is 4.64. The molecule has 0 saturated heterocycles. The fraction of sp³-hybridized carbons (Fsp3) is 0.250. The number of aromatic nitrogens is 2. The van der Waals surface area contributed by atoms with Crippen LogP contribution in [-0.4, -0.2) is 23.0 Å². The van der Waals surface area contributed by atoms with E-state index in [-0.39, 0.29) is 0 Å². The van der Waals surface area contributed by atoms with Gasteiger partial charge in [0.05, 0.1) is 18.9 Å². The van der Waals surface area contributed by atoms with E-state index in [9.17, 15) is 0 Å². The molecule has 0 amide bonds. The third-order valence-corrected chi connectivity index (χ3v) is 4.20. The van der Waals surface area contributed by atoms with Crippen molar-refractivity contribution in [1.29, 1.82) is 0 Å². The molecule has 25 heavy (non-hydrogen) atoms. The Bertz CT molecular complexity index is 813. The van der Waals surface area contributed by atoms with Crippen molar-refractivity contribution in [1.82, 2.24) is 15.1 Å². The second-order valence-corrected chi connectivity index (χ2v) is 6.02. The molecule has 0 unspecified atom stereocenters. The number of nitrogens with zero attached hydrogens (tertiary/aromatic N) is 2. The number of hydrogen-bond acceptors (Lipinski definition) is 4. The maximum Gasteiger partial charge on any atom is 0.165 e. The van der Waals surface area contributed by atoms with Gasteiger partial charge in [-0.25, -0.2) is 4.68 Å². The molecule has 2 aromatic carbocycles. The first-order valence-corrected chi connectivity index (χ1v) is 8.57. The number of rotatable bonds is 5. The van der Waals surface area contributed by atoms with Crippen LogP contribution in [0.4, 0.5) is 0 Å². The van der Waals surface area contributed by atoms with Crippen molar-refractivity contribution >= 4 is 0 Å². The van der Waals surface area contributed by atoms with Crippen LogP contribution in [0.15, 0.2) is 60.9 Å². The monoisotopic (exact) mass is 335 g/mol. The van der Waals surface area contributed by atoms with E-state index < -0.39 is 0 Å². The van der Waals surface area contributed by atoms with Crippen LogP contribution >= 0.6 is 0 Å². The fourth-order valence-electron chi connectivity index (χ4n) is 2.92. The van der Waals surface area contributed by atoms with E-state index in [4.69, 9.17) is 9.47 Å². The van der Waals surface area contributed by atoms with Gasteiger partial charge in [-0.3, -0.25) is 0 Å². The van der Waals surface area contributed by atoms with E-state index in [0.29, 0.717) is 13.2 Å². The molecule has 5 heteroatoms. The van der Waals surface area contributed by atoms with Crippen molar-refractivity contribution in [2.45, 2.75) is 19.5 Å². The van der Waals surface area contributed by atoms with Crippen LogP contribution in [0.2, 0.25) is 0 Å². The highest BCUT2D eigenvalue weighted by Gasteiger charge is 2.13. The van der Waals surface area contributed by atoms with Crippen molar-refractivity contribution in [2.24, 2.45) is 0 Å². The SMILES string of the molecule is c1cc(CNCc2ccc(-n3cccn3)cc2)c2c(c1)OCCCO2. The van der Waals surface area contributed by atoms with Crippen LogP contribution in [0.25, 0.3) is 5.69 Å². The van der Waals surface area contributed by atoms with Crippen LogP contribution in [0.5, 0.6) is 11.5 Å². The van der Waals surface area contributed by atoms with Gasteiger partial charge < -0.3 is 14.8 Å². The van der Waals surface area contributed by atoms with Gasteiger partial charge in [0, 0.05) is 37.5 Å². The highest BCUT2D eigenvalue weighted by atomic mass is 16.5. The normalized spacial score (nSPS) is 13.4. The molecule has 4 rings (SSSR count). The van der Waals surface area contributed by atoms with E-state index in [1.165, 1.54) is 5.56 Å². The number of ether oxygens (including phenoxy) is 2. The lowest BCUT2D eigenvalue weighted by molar-refractivity contribution is 0.296. The fourth-order valence-corrected chi connectivity index (χ4v) is 2.92. The first-order chi connectivity index (χ1) is 12.4. The molecule has 1 aliphatic heterocycles. The van der Waals surface area contributed by atoms with E-state index in [1.54, 1.807) is 6.20 Å². The van der Waals surface area contributed by atoms with Gasteiger partial charge in [-0.15, -0.1) is 0 Å². The number of fused-ring (bicyclic) bond motifs is 1. The van der Waals surface area contributed by atoms with Gasteiger partial charge in [-0.1, -0.05) is 24.3 Å². The van der Waals surface area contributed by atoms with Gasteiger partial charge >= 0.3 is 0 Å². The standard InChI is InChI=1S/C20H21N3O2/c1-4-17(20-19(5-1)24-12-3-13-25-20)15-21-14-16-6-8-18(9-7-16)23-11-2-10-22-23/h1-2,4-11,21H,3,12-15H2. The summed E-state index contributed by atoms with van der Waals surface area (Å²) in [6.45, 7) is 2.96. The van der Waals surface area contributed by atoms with Crippen LogP contribution < -0.4 is 14.8 Å². The first-order valence-electron chi connectivity index (χ1n) is 8.57. The maximum atomic E-state index is 5.86. The Morgan fingerprint density at radius 1 is 0.960 bits per heavy atom. The molecule has 0 bridgehead atoms. The van der Waals surface area contributed by atoms with Gasteiger partial charge in [0.15, 0.2) is 11.5 Å². The lowest BCUT2D eigenvalue weighted by atomic mass is 10.1. The van der Waals surface area contributed by atoms with Crippen LogP contribution in [0.1, 0.15) is 17.5 Å². The minimum Gasteiger partial charge on any atom is -0.490 e. The molecule has 128 valence electrons. The summed E-state index contributed by atoms with van der Waals surface area (Å²) in [5.74, 6) is 1.72. The minimum atomic E-state index is 0.707. The summed E-state index contributed by atoms with van der Waals surface area (Å²) < 4.78 is 13.5. The smallest absolute Gasteiger partial charge is 0.165 e. The molecule has 0 saturated carbocycles. The molecule has 3 aromatic rings. The zero-order chi connectivity index (χ0) is 16.9. The van der Waals surface area contributed by atoms with Crippen LogP contribution in [0, 0.1) is 0 Å². The molecule has 2 heterocycles. The molecule has 0 fully saturated rings. The predicted octanol–water partition coefficient (Wildman–Crippen LogP) is 3.32.